The van der Waals surface area contributed by atoms with Crippen molar-refractivity contribution >= 4 is 17.3 Å². The number of aromatic nitrogens is 2. The fourth-order valence-corrected chi connectivity index (χ4v) is 5.76. The molecule has 4 rings (SSSR count). The van der Waals surface area contributed by atoms with Gasteiger partial charge in [-0.25, -0.2) is 0 Å². The molecular weight excluding hydrogens is 448 g/mol. The smallest absolute Gasteiger partial charge is 0.221 e. The fraction of sp³-hybridized carbons (Fsp3) is 0.692. The van der Waals surface area contributed by atoms with Crippen LogP contribution in [0.25, 0.3) is 5.70 Å². The molecule has 1 aromatic rings. The van der Waals surface area contributed by atoms with E-state index >= 15 is 0 Å². The lowest BCUT2D eigenvalue weighted by molar-refractivity contribution is -0.143. The van der Waals surface area contributed by atoms with Gasteiger partial charge in [-0.2, -0.15) is 9.97 Å². The van der Waals surface area contributed by atoms with E-state index in [0.29, 0.717) is 62.3 Å². The molecule has 0 unspecified atom stereocenters. The lowest BCUT2D eigenvalue weighted by Crippen LogP contribution is -2.45. The normalized spacial score (nSPS) is 27.8. The van der Waals surface area contributed by atoms with Gasteiger partial charge in [0.2, 0.25) is 11.8 Å². The number of methoxy groups -OCH3 is 1. The molecule has 2 N–H and O–H groups in total. The van der Waals surface area contributed by atoms with Gasteiger partial charge in [0.1, 0.15) is 18.5 Å². The van der Waals surface area contributed by atoms with Gasteiger partial charge in [-0.1, -0.05) is 6.42 Å². The van der Waals surface area contributed by atoms with Gasteiger partial charge < -0.3 is 19.9 Å². The first-order valence-corrected chi connectivity index (χ1v) is 12.8. The molecule has 2 heterocycles. The van der Waals surface area contributed by atoms with E-state index in [2.05, 4.69) is 21.9 Å². The van der Waals surface area contributed by atoms with Gasteiger partial charge in [-0.15, -0.1) is 0 Å². The minimum absolute atomic E-state index is 0.0508. The van der Waals surface area contributed by atoms with Crippen LogP contribution < -0.4 is 15.2 Å². The number of carbonyl (C=O) groups excluding carboxylic acids is 2. The Morgan fingerprint density at radius 2 is 1.91 bits per heavy atom. The number of carbonyl (C=O) groups is 2. The molecule has 0 amide bonds. The highest BCUT2D eigenvalue weighted by molar-refractivity contribution is 6.17. The van der Waals surface area contributed by atoms with E-state index in [4.69, 9.17) is 19.9 Å². The number of hydrogen-bond acceptors (Lipinski definition) is 9. The molecule has 2 aliphatic carbocycles. The second-order valence-corrected chi connectivity index (χ2v) is 10.0. The van der Waals surface area contributed by atoms with Gasteiger partial charge in [-0.05, 0) is 65.5 Å². The summed E-state index contributed by atoms with van der Waals surface area (Å²) in [6.07, 6.45) is 6.75. The molecule has 0 radical (unpaired) electrons. The summed E-state index contributed by atoms with van der Waals surface area (Å²) in [6, 6.07) is 1.94. The Morgan fingerprint density at radius 1 is 1.14 bits per heavy atom. The third-order valence-corrected chi connectivity index (χ3v) is 7.74. The molecule has 1 aromatic heterocycles. The van der Waals surface area contributed by atoms with Crippen molar-refractivity contribution in [2.45, 2.75) is 76.9 Å². The van der Waals surface area contributed by atoms with E-state index in [1.165, 1.54) is 0 Å². The van der Waals surface area contributed by atoms with Crippen molar-refractivity contribution in [2.24, 2.45) is 11.1 Å². The van der Waals surface area contributed by atoms with Crippen LogP contribution in [-0.4, -0.2) is 72.5 Å². The summed E-state index contributed by atoms with van der Waals surface area (Å²) in [6.45, 7) is 3.78. The number of nitrogens with zero attached hydrogens (tertiary/aromatic N) is 3. The van der Waals surface area contributed by atoms with Gasteiger partial charge in [0, 0.05) is 25.1 Å². The molecule has 0 bridgehead atoms. The number of hydrogen-bond donors (Lipinski definition) is 1. The largest absolute Gasteiger partial charge is 0.475 e. The van der Waals surface area contributed by atoms with Crippen molar-refractivity contribution in [1.29, 1.82) is 0 Å². The van der Waals surface area contributed by atoms with Crippen molar-refractivity contribution in [3.05, 3.63) is 17.5 Å². The summed E-state index contributed by atoms with van der Waals surface area (Å²) in [5.41, 5.74) is 6.28. The topological polar surface area (TPSA) is 117 Å². The predicted octanol–water partition coefficient (Wildman–Crippen LogP) is 2.92. The Kier molecular flexibility index (Phi) is 8.06. The molecule has 1 aliphatic heterocycles. The number of rotatable bonds is 8. The Morgan fingerprint density at radius 3 is 2.63 bits per heavy atom. The number of allylic oxidation sites excluding steroid dienone is 1. The summed E-state index contributed by atoms with van der Waals surface area (Å²) >= 11 is 0. The lowest BCUT2D eigenvalue weighted by Gasteiger charge is -2.38. The number of Topliss-reactive ketones (excluding diaryl/α,β-unsaturated/α-hetero) is 2. The number of likely N-dealkylation sites (N-methyl/N-ethyl adjacent to an activating group) is 1. The zero-order valence-corrected chi connectivity index (χ0v) is 21.2. The zero-order chi connectivity index (χ0) is 25.0. The molecule has 3 aliphatic rings. The van der Waals surface area contributed by atoms with Crippen LogP contribution in [0.5, 0.6) is 11.8 Å². The van der Waals surface area contributed by atoms with E-state index in [1.807, 2.05) is 6.92 Å². The summed E-state index contributed by atoms with van der Waals surface area (Å²) in [5.74, 6) is 0.763. The number of ketones is 2. The van der Waals surface area contributed by atoms with Gasteiger partial charge in [0.25, 0.3) is 0 Å². The van der Waals surface area contributed by atoms with Gasteiger partial charge in [0.05, 0.1) is 23.8 Å². The molecule has 2 saturated carbocycles. The Hall–Kier alpha value is -2.52. The van der Waals surface area contributed by atoms with E-state index in [9.17, 15) is 9.59 Å². The number of ether oxygens (including phenoxy) is 3. The van der Waals surface area contributed by atoms with Crippen LogP contribution in [0.1, 0.15) is 70.5 Å². The Labute approximate surface area is 207 Å². The number of likely N-dealkylation sites (tertiary alicyclic amines) is 1. The van der Waals surface area contributed by atoms with Crippen LogP contribution in [0.15, 0.2) is 11.6 Å². The standard InChI is InChI=1S/C26H38N4O5/c1-17(19-9-7-13-30(19)2)35-22-16-21(34-15-14-33-3)28-25(29-22)23(27)18-8-6-12-26(24(18)32)11-5-4-10-20(26)31/h16-17,19H,4-15,27H2,1-3H3/b23-18-/t17-,19-,26+/m0/s1. The van der Waals surface area contributed by atoms with E-state index < -0.39 is 5.41 Å². The van der Waals surface area contributed by atoms with Crippen molar-refractivity contribution < 1.29 is 23.8 Å². The van der Waals surface area contributed by atoms with Gasteiger partial charge in [-0.3, -0.25) is 14.5 Å². The SMILES string of the molecule is COCCOc1cc(O[C@@H](C)[C@@H]2CCCN2C)nc(/C(N)=C2\CCC[C@@]3(CCCCC3=O)C2=O)n1. The molecule has 1 saturated heterocycles. The highest BCUT2D eigenvalue weighted by Crippen LogP contribution is 2.45. The first-order valence-electron chi connectivity index (χ1n) is 12.8. The first-order chi connectivity index (χ1) is 16.9. The van der Waals surface area contributed by atoms with Crippen LogP contribution >= 0.6 is 0 Å². The molecule has 9 nitrogen and oxygen atoms in total. The summed E-state index contributed by atoms with van der Waals surface area (Å²) in [5, 5.41) is 0. The molecular formula is C26H38N4O5. The third-order valence-electron chi connectivity index (χ3n) is 7.74. The van der Waals surface area contributed by atoms with Crippen LogP contribution in [0.4, 0.5) is 0 Å². The number of nitrogens with two attached hydrogens (primary N) is 1. The van der Waals surface area contributed by atoms with E-state index in [1.54, 1.807) is 13.2 Å². The summed E-state index contributed by atoms with van der Waals surface area (Å²) < 4.78 is 17.1. The van der Waals surface area contributed by atoms with Crippen molar-refractivity contribution in [2.75, 3.05) is 33.9 Å². The third kappa shape index (κ3) is 5.35. The van der Waals surface area contributed by atoms with E-state index in [0.717, 1.165) is 38.6 Å². The fourth-order valence-electron chi connectivity index (χ4n) is 5.76. The average Bonchev–Trinajstić information content (AvgIpc) is 3.28. The van der Waals surface area contributed by atoms with E-state index in [-0.39, 0.29) is 29.2 Å². The highest BCUT2D eigenvalue weighted by atomic mass is 16.5. The van der Waals surface area contributed by atoms with Crippen molar-refractivity contribution in [1.82, 2.24) is 14.9 Å². The van der Waals surface area contributed by atoms with Crippen LogP contribution in [0.2, 0.25) is 0 Å². The Bertz CT molecular complexity index is 976. The van der Waals surface area contributed by atoms with Gasteiger partial charge in [0.15, 0.2) is 11.6 Å². The second-order valence-electron chi connectivity index (χ2n) is 10.0. The average molecular weight is 487 g/mol. The zero-order valence-electron chi connectivity index (χ0n) is 21.2. The molecule has 1 spiro atoms. The minimum atomic E-state index is -0.927. The summed E-state index contributed by atoms with van der Waals surface area (Å²) in [4.78, 5) is 37.8. The quantitative estimate of drug-likeness (QED) is 0.336. The maximum Gasteiger partial charge on any atom is 0.221 e. The molecule has 35 heavy (non-hydrogen) atoms. The Balaban J connectivity index is 1.65. The first kappa shape index (κ1) is 25.6. The molecule has 3 fully saturated rings. The maximum absolute atomic E-state index is 13.6. The molecule has 192 valence electrons. The second kappa shape index (κ2) is 11.0. The predicted molar refractivity (Wildman–Crippen MR) is 131 cm³/mol. The summed E-state index contributed by atoms with van der Waals surface area (Å²) in [7, 11) is 3.70. The van der Waals surface area contributed by atoms with Crippen molar-refractivity contribution in [3.63, 3.8) is 0 Å². The van der Waals surface area contributed by atoms with Crippen LogP contribution in [0, 0.1) is 5.41 Å². The minimum Gasteiger partial charge on any atom is -0.475 e. The van der Waals surface area contributed by atoms with Crippen LogP contribution in [0.3, 0.4) is 0 Å². The monoisotopic (exact) mass is 486 g/mol. The lowest BCUT2D eigenvalue weighted by atomic mass is 9.62. The van der Waals surface area contributed by atoms with Crippen LogP contribution in [-0.2, 0) is 14.3 Å². The van der Waals surface area contributed by atoms with Gasteiger partial charge >= 0.3 is 0 Å². The highest BCUT2D eigenvalue weighted by Gasteiger charge is 2.49. The molecule has 3 atom stereocenters. The molecule has 9 heteroatoms. The maximum atomic E-state index is 13.6. The van der Waals surface area contributed by atoms with Crippen molar-refractivity contribution in [3.8, 4) is 11.8 Å². The molecule has 0 aromatic carbocycles.